The molecule has 0 radical (unpaired) electrons. The predicted molar refractivity (Wildman–Crippen MR) is 96.8 cm³/mol. The maximum absolute atomic E-state index is 12.3. The second kappa shape index (κ2) is 7.58. The van der Waals surface area contributed by atoms with E-state index >= 15 is 0 Å². The van der Waals surface area contributed by atoms with Crippen molar-refractivity contribution in [1.29, 1.82) is 0 Å². The number of fused-ring (bicyclic) bond motifs is 1. The number of aryl methyl sites for hydroxylation is 1. The number of carbonyl (C=O) groups excluding carboxylic acids is 1. The second-order valence-electron chi connectivity index (χ2n) is 5.91. The number of hydrogen-bond donors (Lipinski definition) is 2. The Hall–Kier alpha value is -2.20. The van der Waals surface area contributed by atoms with Gasteiger partial charge in [0.1, 0.15) is 5.75 Å². The van der Waals surface area contributed by atoms with Crippen LogP contribution in [0.3, 0.4) is 0 Å². The van der Waals surface area contributed by atoms with Crippen LogP contribution in [0.2, 0.25) is 5.02 Å². The van der Waals surface area contributed by atoms with E-state index in [1.165, 1.54) is 11.1 Å². The van der Waals surface area contributed by atoms with Crippen molar-refractivity contribution in [2.24, 2.45) is 0 Å². The van der Waals surface area contributed by atoms with E-state index in [2.05, 4.69) is 28.8 Å². The van der Waals surface area contributed by atoms with E-state index in [0.29, 0.717) is 16.5 Å². The zero-order valence-corrected chi connectivity index (χ0v) is 14.4. The fourth-order valence-corrected chi connectivity index (χ4v) is 3.32. The lowest BCUT2D eigenvalue weighted by Crippen LogP contribution is -2.35. The molecular formula is C19H21ClN2O2. The molecule has 0 aromatic heterocycles. The molecule has 0 aliphatic heterocycles. The van der Waals surface area contributed by atoms with Gasteiger partial charge >= 0.3 is 0 Å². The molecular weight excluding hydrogens is 324 g/mol. The third-order valence-corrected chi connectivity index (χ3v) is 4.54. The van der Waals surface area contributed by atoms with Crippen LogP contribution in [0.1, 0.15) is 30.0 Å². The highest BCUT2D eigenvalue weighted by atomic mass is 35.5. The van der Waals surface area contributed by atoms with Crippen molar-refractivity contribution in [3.05, 3.63) is 58.6 Å². The van der Waals surface area contributed by atoms with Crippen molar-refractivity contribution >= 4 is 23.2 Å². The average Bonchev–Trinajstić information content (AvgIpc) is 2.60. The number of halogens is 1. The normalized spacial score (nSPS) is 16.2. The van der Waals surface area contributed by atoms with Gasteiger partial charge in [-0.1, -0.05) is 35.9 Å². The van der Waals surface area contributed by atoms with Gasteiger partial charge in [-0.15, -0.1) is 0 Å². The molecule has 24 heavy (non-hydrogen) atoms. The van der Waals surface area contributed by atoms with Crippen LogP contribution in [0.5, 0.6) is 5.75 Å². The Labute approximate surface area is 147 Å². The molecule has 1 amide bonds. The molecule has 4 nitrogen and oxygen atoms in total. The molecule has 126 valence electrons. The van der Waals surface area contributed by atoms with Crippen LogP contribution in [0, 0.1) is 0 Å². The largest absolute Gasteiger partial charge is 0.495 e. The van der Waals surface area contributed by atoms with Gasteiger partial charge in [-0.05, 0) is 48.6 Å². The van der Waals surface area contributed by atoms with Gasteiger partial charge in [-0.3, -0.25) is 4.79 Å². The van der Waals surface area contributed by atoms with Crippen LogP contribution >= 0.6 is 11.6 Å². The van der Waals surface area contributed by atoms with Crippen LogP contribution in [-0.2, 0) is 11.2 Å². The molecule has 1 aliphatic rings. The van der Waals surface area contributed by atoms with Crippen molar-refractivity contribution < 1.29 is 9.53 Å². The van der Waals surface area contributed by atoms with Crippen LogP contribution < -0.4 is 15.4 Å². The lowest BCUT2D eigenvalue weighted by molar-refractivity contribution is -0.120. The Kier molecular flexibility index (Phi) is 5.26. The highest BCUT2D eigenvalue weighted by molar-refractivity contribution is 6.30. The van der Waals surface area contributed by atoms with Gasteiger partial charge in [-0.2, -0.15) is 0 Å². The summed E-state index contributed by atoms with van der Waals surface area (Å²) >= 11 is 6.00. The first kappa shape index (κ1) is 16.7. The van der Waals surface area contributed by atoms with Crippen molar-refractivity contribution in [1.82, 2.24) is 5.32 Å². The SMILES string of the molecule is COc1ccc(Cl)cc1NCC(=O)NC1CCCc2ccccc21. The molecule has 5 heteroatoms. The number of amides is 1. The first-order chi connectivity index (χ1) is 11.7. The Balaban J connectivity index is 1.62. The van der Waals surface area contributed by atoms with Crippen LogP contribution in [0.4, 0.5) is 5.69 Å². The molecule has 0 saturated carbocycles. The lowest BCUT2D eigenvalue weighted by atomic mass is 9.88. The molecule has 0 bridgehead atoms. The molecule has 0 spiro atoms. The van der Waals surface area contributed by atoms with Gasteiger partial charge in [0, 0.05) is 5.02 Å². The number of anilines is 1. The lowest BCUT2D eigenvalue weighted by Gasteiger charge is -2.26. The van der Waals surface area contributed by atoms with Crippen LogP contribution in [-0.4, -0.2) is 19.6 Å². The van der Waals surface area contributed by atoms with Gasteiger partial charge < -0.3 is 15.4 Å². The van der Waals surface area contributed by atoms with E-state index in [1.807, 2.05) is 6.07 Å². The quantitative estimate of drug-likeness (QED) is 0.863. The maximum Gasteiger partial charge on any atom is 0.239 e. The van der Waals surface area contributed by atoms with Crippen molar-refractivity contribution in [3.8, 4) is 5.75 Å². The molecule has 1 unspecified atom stereocenters. The number of methoxy groups -OCH3 is 1. The average molecular weight is 345 g/mol. The third kappa shape index (κ3) is 3.82. The number of nitrogens with one attached hydrogen (secondary N) is 2. The summed E-state index contributed by atoms with van der Waals surface area (Å²) in [6.45, 7) is 0.176. The van der Waals surface area contributed by atoms with E-state index in [4.69, 9.17) is 16.3 Å². The number of ether oxygens (including phenoxy) is 1. The van der Waals surface area contributed by atoms with Gasteiger partial charge in [0.05, 0.1) is 25.4 Å². The van der Waals surface area contributed by atoms with Gasteiger partial charge in [0.2, 0.25) is 5.91 Å². The molecule has 1 aliphatic carbocycles. The van der Waals surface area contributed by atoms with Crippen molar-refractivity contribution in [3.63, 3.8) is 0 Å². The zero-order valence-electron chi connectivity index (χ0n) is 13.6. The Bertz CT molecular complexity index is 733. The number of rotatable bonds is 5. The summed E-state index contributed by atoms with van der Waals surface area (Å²) in [5.41, 5.74) is 3.28. The Morgan fingerprint density at radius 3 is 2.96 bits per heavy atom. The molecule has 0 fully saturated rings. The van der Waals surface area contributed by atoms with Gasteiger partial charge in [-0.25, -0.2) is 0 Å². The summed E-state index contributed by atoms with van der Waals surface area (Å²) in [4.78, 5) is 12.3. The fourth-order valence-electron chi connectivity index (χ4n) is 3.14. The summed E-state index contributed by atoms with van der Waals surface area (Å²) in [7, 11) is 1.59. The molecule has 2 N–H and O–H groups in total. The monoisotopic (exact) mass is 344 g/mol. The first-order valence-corrected chi connectivity index (χ1v) is 8.50. The topological polar surface area (TPSA) is 50.4 Å². The summed E-state index contributed by atoms with van der Waals surface area (Å²) < 4.78 is 5.28. The summed E-state index contributed by atoms with van der Waals surface area (Å²) in [6.07, 6.45) is 3.15. The summed E-state index contributed by atoms with van der Waals surface area (Å²) in [6, 6.07) is 13.7. The predicted octanol–water partition coefficient (Wildman–Crippen LogP) is 3.95. The molecule has 2 aromatic rings. The maximum atomic E-state index is 12.3. The minimum Gasteiger partial charge on any atom is -0.495 e. The number of benzene rings is 2. The minimum absolute atomic E-state index is 0.0428. The van der Waals surface area contributed by atoms with Gasteiger partial charge in [0.15, 0.2) is 0 Å². The molecule has 3 rings (SSSR count). The summed E-state index contributed by atoms with van der Waals surface area (Å²) in [5, 5.41) is 6.82. The van der Waals surface area contributed by atoms with E-state index in [1.54, 1.807) is 25.3 Å². The molecule has 0 saturated heterocycles. The Morgan fingerprint density at radius 1 is 1.29 bits per heavy atom. The van der Waals surface area contributed by atoms with E-state index in [9.17, 15) is 4.79 Å². The molecule has 2 aromatic carbocycles. The number of hydrogen-bond acceptors (Lipinski definition) is 3. The summed E-state index contributed by atoms with van der Waals surface area (Å²) in [5.74, 6) is 0.619. The molecule has 1 atom stereocenters. The van der Waals surface area contributed by atoms with E-state index in [-0.39, 0.29) is 18.5 Å². The van der Waals surface area contributed by atoms with Crippen LogP contribution in [0.15, 0.2) is 42.5 Å². The Morgan fingerprint density at radius 2 is 2.12 bits per heavy atom. The standard InChI is InChI=1S/C19H21ClN2O2/c1-24-18-10-9-14(20)11-17(18)21-12-19(23)22-16-8-4-6-13-5-2-3-7-15(13)16/h2-3,5,7,9-11,16,21H,4,6,8,12H2,1H3,(H,22,23). The second-order valence-corrected chi connectivity index (χ2v) is 6.35. The highest BCUT2D eigenvalue weighted by Gasteiger charge is 2.21. The zero-order chi connectivity index (χ0) is 16.9. The van der Waals surface area contributed by atoms with Gasteiger partial charge in [0.25, 0.3) is 0 Å². The highest BCUT2D eigenvalue weighted by Crippen LogP contribution is 2.30. The fraction of sp³-hybridized carbons (Fsp3) is 0.316. The smallest absolute Gasteiger partial charge is 0.239 e. The number of carbonyl (C=O) groups is 1. The third-order valence-electron chi connectivity index (χ3n) is 4.31. The first-order valence-electron chi connectivity index (χ1n) is 8.12. The van der Waals surface area contributed by atoms with Crippen molar-refractivity contribution in [2.75, 3.05) is 19.0 Å². The van der Waals surface area contributed by atoms with Crippen LogP contribution in [0.25, 0.3) is 0 Å². The molecule has 0 heterocycles. The van der Waals surface area contributed by atoms with E-state index in [0.717, 1.165) is 19.3 Å². The van der Waals surface area contributed by atoms with E-state index < -0.39 is 0 Å². The van der Waals surface area contributed by atoms with Crippen molar-refractivity contribution in [2.45, 2.75) is 25.3 Å². The minimum atomic E-state index is -0.0428.